The van der Waals surface area contributed by atoms with E-state index in [1.54, 1.807) is 0 Å². The molecule has 2 aromatic rings. The molecule has 2 aromatic carbocycles. The van der Waals surface area contributed by atoms with Gasteiger partial charge < -0.3 is 4.98 Å². The van der Waals surface area contributed by atoms with Crippen molar-refractivity contribution in [2.75, 3.05) is 0 Å². The highest BCUT2D eigenvalue weighted by molar-refractivity contribution is 6.99. The van der Waals surface area contributed by atoms with Crippen molar-refractivity contribution >= 4 is 18.6 Å². The molecule has 0 aromatic heterocycles. The van der Waals surface area contributed by atoms with E-state index < -0.39 is 8.24 Å². The molecule has 0 unspecified atom stereocenters. The lowest BCUT2D eigenvalue weighted by Gasteiger charge is -2.37. The topological polar surface area (TPSA) is 12.0 Å². The largest absolute Gasteiger partial charge is 0.326 e. The number of rotatable bonds is 3. The van der Waals surface area contributed by atoms with Gasteiger partial charge in [-0.1, -0.05) is 60.7 Å². The average molecular weight is 269 g/mol. The van der Waals surface area contributed by atoms with E-state index in [-0.39, 0.29) is 5.54 Å². The Hall–Kier alpha value is -1.38. The minimum atomic E-state index is -1.89. The summed E-state index contributed by atoms with van der Waals surface area (Å²) in [6.07, 6.45) is 0. The molecule has 0 saturated heterocycles. The molecule has 0 radical (unpaired) electrons. The summed E-state index contributed by atoms with van der Waals surface area (Å²) >= 11 is 0. The lowest BCUT2D eigenvalue weighted by molar-refractivity contribution is 0.517. The second-order valence-corrected chi connectivity index (χ2v) is 9.89. The van der Waals surface area contributed by atoms with E-state index in [2.05, 4.69) is 93.0 Å². The number of hydrogen-bond donors (Lipinski definition) is 1. The molecule has 0 aliphatic carbocycles. The van der Waals surface area contributed by atoms with Crippen LogP contribution in [0.5, 0.6) is 0 Å². The SMILES string of the molecule is CC(C)(C)N[Si](C)(c1ccccc1)c1ccccc1. The van der Waals surface area contributed by atoms with Crippen molar-refractivity contribution < 1.29 is 0 Å². The molecule has 0 fully saturated rings. The van der Waals surface area contributed by atoms with Gasteiger partial charge in [-0.2, -0.15) is 0 Å². The first kappa shape index (κ1) is 14.0. The molecule has 2 rings (SSSR count). The lowest BCUT2D eigenvalue weighted by Crippen LogP contribution is -2.70. The third kappa shape index (κ3) is 3.34. The normalized spacial score (nSPS) is 12.4. The van der Waals surface area contributed by atoms with Gasteiger partial charge in [-0.05, 0) is 37.7 Å². The number of nitrogens with one attached hydrogen (secondary N) is 1. The first-order valence-electron chi connectivity index (χ1n) is 6.82. The molecule has 0 amide bonds. The molecule has 19 heavy (non-hydrogen) atoms. The number of hydrogen-bond acceptors (Lipinski definition) is 1. The summed E-state index contributed by atoms with van der Waals surface area (Å²) in [5, 5.41) is 2.85. The van der Waals surface area contributed by atoms with Crippen molar-refractivity contribution in [1.29, 1.82) is 0 Å². The monoisotopic (exact) mass is 269 g/mol. The van der Waals surface area contributed by atoms with E-state index in [9.17, 15) is 0 Å². The van der Waals surface area contributed by atoms with Gasteiger partial charge in [0.05, 0.1) is 0 Å². The van der Waals surface area contributed by atoms with Crippen LogP contribution in [-0.2, 0) is 0 Å². The quantitative estimate of drug-likeness (QED) is 0.845. The van der Waals surface area contributed by atoms with Crippen LogP contribution < -0.4 is 15.4 Å². The van der Waals surface area contributed by atoms with E-state index in [0.29, 0.717) is 0 Å². The van der Waals surface area contributed by atoms with Crippen LogP contribution in [-0.4, -0.2) is 13.8 Å². The molecular weight excluding hydrogens is 246 g/mol. The zero-order valence-electron chi connectivity index (χ0n) is 12.3. The Morgan fingerprint density at radius 1 is 0.737 bits per heavy atom. The molecule has 0 aliphatic heterocycles. The van der Waals surface area contributed by atoms with Crippen molar-refractivity contribution in [3.05, 3.63) is 60.7 Å². The molecule has 0 atom stereocenters. The van der Waals surface area contributed by atoms with Crippen molar-refractivity contribution in [2.45, 2.75) is 32.9 Å². The minimum absolute atomic E-state index is 0.104. The molecule has 2 heteroatoms. The van der Waals surface area contributed by atoms with Crippen LogP contribution in [0.4, 0.5) is 0 Å². The third-order valence-corrected chi connectivity index (χ3v) is 7.55. The lowest BCUT2D eigenvalue weighted by atomic mass is 10.1. The maximum Gasteiger partial charge on any atom is 0.187 e. The average Bonchev–Trinajstić information content (AvgIpc) is 2.39. The minimum Gasteiger partial charge on any atom is -0.326 e. The third-order valence-electron chi connectivity index (χ3n) is 3.33. The second-order valence-electron chi connectivity index (χ2n) is 6.23. The standard InChI is InChI=1S/C17H23NSi/c1-17(2,3)18-19(4,15-11-7-5-8-12-15)16-13-9-6-10-14-16/h5-14,18H,1-4H3. The summed E-state index contributed by atoms with van der Waals surface area (Å²) in [6, 6.07) is 21.7. The molecule has 1 N–H and O–H groups in total. The van der Waals surface area contributed by atoms with E-state index in [4.69, 9.17) is 0 Å². The Morgan fingerprint density at radius 3 is 1.42 bits per heavy atom. The highest BCUT2D eigenvalue weighted by atomic mass is 28.3. The summed E-state index contributed by atoms with van der Waals surface area (Å²) < 4.78 is 0. The summed E-state index contributed by atoms with van der Waals surface area (Å²) in [5.41, 5.74) is 0.104. The predicted octanol–water partition coefficient (Wildman–Crippen LogP) is 2.76. The Balaban J connectivity index is 2.51. The van der Waals surface area contributed by atoms with Crippen molar-refractivity contribution in [2.24, 2.45) is 0 Å². The fraction of sp³-hybridized carbons (Fsp3) is 0.294. The van der Waals surface area contributed by atoms with Crippen LogP contribution in [0.3, 0.4) is 0 Å². The fourth-order valence-corrected chi connectivity index (χ4v) is 6.44. The highest BCUT2D eigenvalue weighted by Gasteiger charge is 2.35. The maximum atomic E-state index is 3.90. The van der Waals surface area contributed by atoms with E-state index in [1.807, 2.05) is 0 Å². The van der Waals surface area contributed by atoms with Crippen LogP contribution in [0, 0.1) is 0 Å². The molecule has 0 spiro atoms. The Labute approximate surface area is 117 Å². The Bertz CT molecular complexity index is 474. The van der Waals surface area contributed by atoms with Crippen LogP contribution >= 0.6 is 0 Å². The zero-order valence-corrected chi connectivity index (χ0v) is 13.3. The van der Waals surface area contributed by atoms with Crippen LogP contribution in [0.25, 0.3) is 0 Å². The van der Waals surface area contributed by atoms with Crippen molar-refractivity contribution in [3.63, 3.8) is 0 Å². The molecular formula is C17H23NSi. The highest BCUT2D eigenvalue weighted by Crippen LogP contribution is 2.09. The van der Waals surface area contributed by atoms with Gasteiger partial charge >= 0.3 is 0 Å². The van der Waals surface area contributed by atoms with Crippen LogP contribution in [0.1, 0.15) is 20.8 Å². The van der Waals surface area contributed by atoms with Crippen LogP contribution in [0.15, 0.2) is 60.7 Å². The van der Waals surface area contributed by atoms with Gasteiger partial charge in [0.25, 0.3) is 0 Å². The van der Waals surface area contributed by atoms with Gasteiger partial charge in [-0.15, -0.1) is 0 Å². The predicted molar refractivity (Wildman–Crippen MR) is 86.7 cm³/mol. The van der Waals surface area contributed by atoms with E-state index in [0.717, 1.165) is 0 Å². The maximum absolute atomic E-state index is 3.90. The summed E-state index contributed by atoms with van der Waals surface area (Å²) in [4.78, 5) is 3.90. The first-order chi connectivity index (χ1) is 8.92. The fourth-order valence-electron chi connectivity index (χ4n) is 2.60. The van der Waals surface area contributed by atoms with Gasteiger partial charge in [0.1, 0.15) is 0 Å². The van der Waals surface area contributed by atoms with Gasteiger partial charge in [0, 0.05) is 5.54 Å². The van der Waals surface area contributed by atoms with Gasteiger partial charge in [0.2, 0.25) is 0 Å². The molecule has 0 bridgehead atoms. The van der Waals surface area contributed by atoms with Crippen LogP contribution in [0.2, 0.25) is 6.55 Å². The summed E-state index contributed by atoms with van der Waals surface area (Å²) in [7, 11) is -1.89. The smallest absolute Gasteiger partial charge is 0.187 e. The molecule has 0 saturated carbocycles. The molecule has 1 nitrogen and oxygen atoms in total. The molecule has 0 heterocycles. The first-order valence-corrected chi connectivity index (χ1v) is 9.32. The zero-order chi connectivity index (χ0) is 13.9. The summed E-state index contributed by atoms with van der Waals surface area (Å²) in [6.45, 7) is 9.11. The van der Waals surface area contributed by atoms with Crippen molar-refractivity contribution in [3.8, 4) is 0 Å². The van der Waals surface area contributed by atoms with Gasteiger partial charge in [0.15, 0.2) is 8.24 Å². The molecule has 0 aliphatic rings. The second kappa shape index (κ2) is 5.31. The summed E-state index contributed by atoms with van der Waals surface area (Å²) in [5.74, 6) is 0. The Morgan fingerprint density at radius 2 is 1.11 bits per heavy atom. The van der Waals surface area contributed by atoms with Gasteiger partial charge in [-0.25, -0.2) is 0 Å². The van der Waals surface area contributed by atoms with E-state index >= 15 is 0 Å². The van der Waals surface area contributed by atoms with E-state index in [1.165, 1.54) is 10.4 Å². The van der Waals surface area contributed by atoms with Gasteiger partial charge in [-0.3, -0.25) is 0 Å². The molecule has 100 valence electrons. The van der Waals surface area contributed by atoms with Crippen molar-refractivity contribution in [1.82, 2.24) is 4.98 Å². The Kier molecular flexibility index (Phi) is 3.93. The number of benzene rings is 2.